The van der Waals surface area contributed by atoms with E-state index in [1.54, 1.807) is 7.11 Å². The van der Waals surface area contributed by atoms with Crippen LogP contribution < -0.4 is 14.8 Å². The van der Waals surface area contributed by atoms with Crippen molar-refractivity contribution >= 4 is 27.5 Å². The van der Waals surface area contributed by atoms with Crippen LogP contribution in [0, 0.1) is 0 Å². The van der Waals surface area contributed by atoms with Gasteiger partial charge in [-0.25, -0.2) is 4.98 Å². The van der Waals surface area contributed by atoms with Crippen molar-refractivity contribution in [3.63, 3.8) is 0 Å². The summed E-state index contributed by atoms with van der Waals surface area (Å²) < 4.78 is 11.8. The number of methoxy groups -OCH3 is 1. The highest BCUT2D eigenvalue weighted by molar-refractivity contribution is 6.08. The van der Waals surface area contributed by atoms with E-state index >= 15 is 0 Å². The average molecular weight is 408 g/mol. The molecule has 1 atom stereocenters. The van der Waals surface area contributed by atoms with Gasteiger partial charge < -0.3 is 19.7 Å². The summed E-state index contributed by atoms with van der Waals surface area (Å²) in [6, 6.07) is 12.7. The first-order valence-corrected chi connectivity index (χ1v) is 11.2. The maximum absolute atomic E-state index is 6.14. The largest absolute Gasteiger partial charge is 0.493 e. The molecule has 0 radical (unpaired) electrons. The van der Waals surface area contributed by atoms with Crippen molar-refractivity contribution in [3.8, 4) is 11.5 Å². The van der Waals surface area contributed by atoms with E-state index < -0.39 is 0 Å². The zero-order valence-electron chi connectivity index (χ0n) is 18.4. The Morgan fingerprint density at radius 1 is 1.07 bits per heavy atom. The van der Waals surface area contributed by atoms with Gasteiger partial charge in [0.25, 0.3) is 0 Å². The lowest BCUT2D eigenvalue weighted by Crippen LogP contribution is -2.21. The van der Waals surface area contributed by atoms with Crippen LogP contribution in [0.1, 0.15) is 39.5 Å². The molecule has 30 heavy (non-hydrogen) atoms. The summed E-state index contributed by atoms with van der Waals surface area (Å²) in [5, 5.41) is 5.89. The van der Waals surface area contributed by atoms with Crippen LogP contribution in [-0.4, -0.2) is 49.3 Å². The van der Waals surface area contributed by atoms with Gasteiger partial charge in [0, 0.05) is 29.4 Å². The Kier molecular flexibility index (Phi) is 6.58. The van der Waals surface area contributed by atoms with Crippen LogP contribution in [0.4, 0.5) is 5.69 Å². The lowest BCUT2D eigenvalue weighted by atomic mass is 10.1. The van der Waals surface area contributed by atoms with E-state index in [1.165, 1.54) is 25.9 Å². The van der Waals surface area contributed by atoms with Gasteiger partial charge in [-0.2, -0.15) is 0 Å². The van der Waals surface area contributed by atoms with Gasteiger partial charge in [0.1, 0.15) is 0 Å². The molecule has 5 heteroatoms. The first-order chi connectivity index (χ1) is 14.7. The SMILES string of the molecule is CC[C@H](C)Nc1c2ccccc2nc2cc(OCCCN3CCCC3)c(OC)cc12. The fraction of sp³-hybridized carbons (Fsp3) is 0.480. The summed E-state index contributed by atoms with van der Waals surface area (Å²) in [6.07, 6.45) is 4.72. The predicted octanol–water partition coefficient (Wildman–Crippen LogP) is 5.47. The molecule has 0 amide bonds. The number of nitrogens with zero attached hydrogens (tertiary/aromatic N) is 2. The minimum Gasteiger partial charge on any atom is -0.493 e. The number of aromatic nitrogens is 1. The van der Waals surface area contributed by atoms with Gasteiger partial charge in [-0.3, -0.25) is 0 Å². The zero-order valence-corrected chi connectivity index (χ0v) is 18.4. The minimum atomic E-state index is 0.367. The molecule has 1 saturated heterocycles. The Morgan fingerprint density at radius 3 is 2.63 bits per heavy atom. The third-order valence-corrected chi connectivity index (χ3v) is 6.04. The second-order valence-corrected chi connectivity index (χ2v) is 8.23. The lowest BCUT2D eigenvalue weighted by Gasteiger charge is -2.19. The zero-order chi connectivity index (χ0) is 20.9. The molecule has 4 rings (SSSR count). The van der Waals surface area contributed by atoms with Crippen molar-refractivity contribution < 1.29 is 9.47 Å². The van der Waals surface area contributed by atoms with E-state index in [0.717, 1.165) is 58.4 Å². The summed E-state index contributed by atoms with van der Waals surface area (Å²) in [5.41, 5.74) is 3.03. The third-order valence-electron chi connectivity index (χ3n) is 6.04. The Hall–Kier alpha value is -2.53. The Balaban J connectivity index is 1.64. The number of anilines is 1. The summed E-state index contributed by atoms with van der Waals surface area (Å²) in [5.74, 6) is 1.52. The Morgan fingerprint density at radius 2 is 1.87 bits per heavy atom. The second kappa shape index (κ2) is 9.52. The van der Waals surface area contributed by atoms with Crippen molar-refractivity contribution in [3.05, 3.63) is 36.4 Å². The first kappa shape index (κ1) is 20.7. The average Bonchev–Trinajstić information content (AvgIpc) is 3.29. The van der Waals surface area contributed by atoms with E-state index in [2.05, 4.69) is 48.3 Å². The number of ether oxygens (including phenoxy) is 2. The van der Waals surface area contributed by atoms with Crippen molar-refractivity contribution in [1.29, 1.82) is 0 Å². The smallest absolute Gasteiger partial charge is 0.163 e. The molecular weight excluding hydrogens is 374 g/mol. The van der Waals surface area contributed by atoms with Gasteiger partial charge in [0.15, 0.2) is 11.5 Å². The molecule has 2 heterocycles. The second-order valence-electron chi connectivity index (χ2n) is 8.23. The molecule has 1 aromatic heterocycles. The molecule has 1 aliphatic heterocycles. The quantitative estimate of drug-likeness (QED) is 0.376. The van der Waals surface area contributed by atoms with Crippen LogP contribution in [0.5, 0.6) is 11.5 Å². The topological polar surface area (TPSA) is 46.6 Å². The van der Waals surface area contributed by atoms with E-state index in [1.807, 2.05) is 12.1 Å². The minimum absolute atomic E-state index is 0.367. The predicted molar refractivity (Wildman–Crippen MR) is 125 cm³/mol. The molecule has 0 saturated carbocycles. The molecule has 1 N–H and O–H groups in total. The molecule has 0 spiro atoms. The maximum atomic E-state index is 6.14. The van der Waals surface area contributed by atoms with E-state index in [0.29, 0.717) is 12.6 Å². The number of rotatable bonds is 9. The number of hydrogen-bond donors (Lipinski definition) is 1. The van der Waals surface area contributed by atoms with Crippen molar-refractivity contribution in [2.45, 2.75) is 45.6 Å². The molecule has 0 aliphatic carbocycles. The van der Waals surface area contributed by atoms with Gasteiger partial charge in [0.2, 0.25) is 0 Å². The molecule has 5 nitrogen and oxygen atoms in total. The van der Waals surface area contributed by atoms with Crippen molar-refractivity contribution in [1.82, 2.24) is 9.88 Å². The maximum Gasteiger partial charge on any atom is 0.163 e. The van der Waals surface area contributed by atoms with Gasteiger partial charge >= 0.3 is 0 Å². The van der Waals surface area contributed by atoms with E-state index in [9.17, 15) is 0 Å². The monoisotopic (exact) mass is 407 g/mol. The molecular formula is C25H33N3O2. The number of fused-ring (bicyclic) bond motifs is 2. The number of nitrogens with one attached hydrogen (secondary N) is 1. The van der Waals surface area contributed by atoms with Crippen LogP contribution in [0.2, 0.25) is 0 Å². The highest BCUT2D eigenvalue weighted by Gasteiger charge is 2.16. The highest BCUT2D eigenvalue weighted by Crippen LogP contribution is 2.38. The summed E-state index contributed by atoms with van der Waals surface area (Å²) in [6.45, 7) is 8.63. The fourth-order valence-corrected chi connectivity index (χ4v) is 4.15. The van der Waals surface area contributed by atoms with Crippen LogP contribution in [0.15, 0.2) is 36.4 Å². The number of benzene rings is 2. The number of hydrogen-bond acceptors (Lipinski definition) is 5. The van der Waals surface area contributed by atoms with E-state index in [-0.39, 0.29) is 0 Å². The van der Waals surface area contributed by atoms with Crippen LogP contribution >= 0.6 is 0 Å². The number of para-hydroxylation sites is 1. The molecule has 0 bridgehead atoms. The third kappa shape index (κ3) is 4.46. The normalized spacial score (nSPS) is 15.6. The van der Waals surface area contributed by atoms with Crippen molar-refractivity contribution in [2.75, 3.05) is 38.7 Å². The highest BCUT2D eigenvalue weighted by atomic mass is 16.5. The first-order valence-electron chi connectivity index (χ1n) is 11.2. The van der Waals surface area contributed by atoms with Crippen LogP contribution in [0.25, 0.3) is 21.8 Å². The molecule has 0 unspecified atom stereocenters. The fourth-order valence-electron chi connectivity index (χ4n) is 4.15. The Bertz CT molecular complexity index is 999. The summed E-state index contributed by atoms with van der Waals surface area (Å²) in [4.78, 5) is 7.43. The Labute approximate surface area is 179 Å². The van der Waals surface area contributed by atoms with Gasteiger partial charge in [-0.1, -0.05) is 25.1 Å². The van der Waals surface area contributed by atoms with Gasteiger partial charge in [-0.15, -0.1) is 0 Å². The lowest BCUT2D eigenvalue weighted by molar-refractivity contribution is 0.254. The van der Waals surface area contributed by atoms with Crippen LogP contribution in [0.3, 0.4) is 0 Å². The van der Waals surface area contributed by atoms with E-state index in [4.69, 9.17) is 14.5 Å². The summed E-state index contributed by atoms with van der Waals surface area (Å²) in [7, 11) is 1.70. The number of pyridine rings is 1. The van der Waals surface area contributed by atoms with Gasteiger partial charge in [-0.05, 0) is 57.8 Å². The molecule has 1 aliphatic rings. The molecule has 160 valence electrons. The number of likely N-dealkylation sites (tertiary alicyclic amines) is 1. The molecule has 1 fully saturated rings. The molecule has 3 aromatic rings. The molecule has 2 aromatic carbocycles. The standard InChI is InChI=1S/C25H33N3O2/c1-4-18(2)26-25-19-10-5-6-11-21(19)27-22-17-24(23(29-3)16-20(22)25)30-15-9-14-28-12-7-8-13-28/h5-6,10-11,16-18H,4,7-9,12-15H2,1-3H3,(H,26,27)/t18-/m0/s1. The summed E-state index contributed by atoms with van der Waals surface area (Å²) >= 11 is 0. The van der Waals surface area contributed by atoms with Crippen LogP contribution in [-0.2, 0) is 0 Å². The van der Waals surface area contributed by atoms with Gasteiger partial charge in [0.05, 0.1) is 30.4 Å². The van der Waals surface area contributed by atoms with Crippen molar-refractivity contribution in [2.24, 2.45) is 0 Å².